The van der Waals surface area contributed by atoms with Gasteiger partial charge in [0.2, 0.25) is 0 Å². The van der Waals surface area contributed by atoms with Crippen LogP contribution in [0.5, 0.6) is 5.75 Å². The Balaban J connectivity index is 2.18. The number of hydrogen-bond acceptors (Lipinski definition) is 3. The van der Waals surface area contributed by atoms with Crippen molar-refractivity contribution in [2.24, 2.45) is 0 Å². The Morgan fingerprint density at radius 1 is 1.09 bits per heavy atom. The first kappa shape index (κ1) is 15.0. The molecule has 0 atom stereocenters. The molecule has 3 aromatic rings. The largest absolute Gasteiger partial charge is 0.427 e. The summed E-state index contributed by atoms with van der Waals surface area (Å²) in [5.74, 6) is 0.0609. The lowest BCUT2D eigenvalue weighted by molar-refractivity contribution is -0.131. The number of pyridine rings is 1. The van der Waals surface area contributed by atoms with Crippen molar-refractivity contribution in [1.29, 1.82) is 0 Å². The van der Waals surface area contributed by atoms with Crippen LogP contribution in [0.3, 0.4) is 0 Å². The average molecular weight is 307 g/mol. The van der Waals surface area contributed by atoms with Crippen LogP contribution in [-0.4, -0.2) is 10.5 Å². The number of esters is 1. The first-order valence-corrected chi connectivity index (χ1v) is 7.41. The highest BCUT2D eigenvalue weighted by atomic mass is 16.5. The molecule has 0 aliphatic carbocycles. The molecule has 0 saturated carbocycles. The third-order valence-corrected chi connectivity index (χ3v) is 3.74. The Labute approximate surface area is 133 Å². The minimum Gasteiger partial charge on any atom is -0.427 e. The SMILES string of the molecule is CC(=O)Oc1ccc2c(C)cc(=O)n(Cc3ccccc3)c2c1. The molecule has 0 saturated heterocycles. The van der Waals surface area contributed by atoms with Gasteiger partial charge in [0.1, 0.15) is 5.75 Å². The molecule has 2 aromatic carbocycles. The molecule has 4 nitrogen and oxygen atoms in total. The van der Waals surface area contributed by atoms with E-state index >= 15 is 0 Å². The highest BCUT2D eigenvalue weighted by molar-refractivity contribution is 5.84. The van der Waals surface area contributed by atoms with Crippen LogP contribution in [0, 0.1) is 6.92 Å². The number of ether oxygens (including phenoxy) is 1. The molecular weight excluding hydrogens is 290 g/mol. The van der Waals surface area contributed by atoms with Gasteiger partial charge in [-0.2, -0.15) is 0 Å². The summed E-state index contributed by atoms with van der Waals surface area (Å²) in [6, 6.07) is 16.8. The van der Waals surface area contributed by atoms with Crippen molar-refractivity contribution >= 4 is 16.9 Å². The van der Waals surface area contributed by atoms with E-state index in [1.54, 1.807) is 22.8 Å². The van der Waals surface area contributed by atoms with Gasteiger partial charge in [0.15, 0.2) is 0 Å². The van der Waals surface area contributed by atoms with E-state index in [-0.39, 0.29) is 11.5 Å². The molecule has 23 heavy (non-hydrogen) atoms. The molecule has 0 spiro atoms. The molecule has 4 heteroatoms. The third kappa shape index (κ3) is 3.16. The standard InChI is InChI=1S/C19H17NO3/c1-13-10-19(22)20(12-15-6-4-3-5-7-15)18-11-16(23-14(2)21)8-9-17(13)18/h3-11H,12H2,1-2H3. The summed E-state index contributed by atoms with van der Waals surface area (Å²) in [4.78, 5) is 23.6. The molecule has 0 unspecified atom stereocenters. The van der Waals surface area contributed by atoms with Gasteiger partial charge in [-0.3, -0.25) is 9.59 Å². The number of rotatable bonds is 3. The van der Waals surface area contributed by atoms with E-state index < -0.39 is 0 Å². The maximum absolute atomic E-state index is 12.4. The Morgan fingerprint density at radius 3 is 2.52 bits per heavy atom. The molecule has 0 bridgehead atoms. The van der Waals surface area contributed by atoms with E-state index in [0.29, 0.717) is 12.3 Å². The second-order valence-electron chi connectivity index (χ2n) is 5.51. The van der Waals surface area contributed by atoms with Gasteiger partial charge in [0, 0.05) is 24.4 Å². The van der Waals surface area contributed by atoms with Crippen LogP contribution in [0.25, 0.3) is 10.9 Å². The van der Waals surface area contributed by atoms with Gasteiger partial charge in [-0.25, -0.2) is 0 Å². The minimum atomic E-state index is -0.381. The predicted molar refractivity (Wildman–Crippen MR) is 89.8 cm³/mol. The molecule has 0 amide bonds. The first-order valence-electron chi connectivity index (χ1n) is 7.41. The van der Waals surface area contributed by atoms with E-state index in [1.807, 2.05) is 43.3 Å². The highest BCUT2D eigenvalue weighted by Gasteiger charge is 2.09. The third-order valence-electron chi connectivity index (χ3n) is 3.74. The number of nitrogens with zero attached hydrogens (tertiary/aromatic N) is 1. The lowest BCUT2D eigenvalue weighted by atomic mass is 10.1. The van der Waals surface area contributed by atoms with Crippen molar-refractivity contribution in [3.8, 4) is 5.75 Å². The van der Waals surface area contributed by atoms with Crippen molar-refractivity contribution in [1.82, 2.24) is 4.57 Å². The van der Waals surface area contributed by atoms with Gasteiger partial charge in [-0.05, 0) is 30.2 Å². The molecule has 0 aliphatic heterocycles. The van der Waals surface area contributed by atoms with Gasteiger partial charge >= 0.3 is 5.97 Å². The number of hydrogen-bond donors (Lipinski definition) is 0. The topological polar surface area (TPSA) is 48.3 Å². The first-order chi connectivity index (χ1) is 11.0. The van der Waals surface area contributed by atoms with Crippen molar-refractivity contribution in [3.63, 3.8) is 0 Å². The van der Waals surface area contributed by atoms with Gasteiger partial charge in [-0.1, -0.05) is 30.3 Å². The van der Waals surface area contributed by atoms with Crippen LogP contribution in [0.4, 0.5) is 0 Å². The van der Waals surface area contributed by atoms with Crippen LogP contribution < -0.4 is 10.3 Å². The molecule has 1 heterocycles. The van der Waals surface area contributed by atoms with Crippen LogP contribution >= 0.6 is 0 Å². The van der Waals surface area contributed by atoms with Crippen molar-refractivity contribution in [3.05, 3.63) is 76.1 Å². The Bertz CT molecular complexity index is 926. The zero-order chi connectivity index (χ0) is 16.4. The van der Waals surface area contributed by atoms with Crippen molar-refractivity contribution in [2.75, 3.05) is 0 Å². The lowest BCUT2D eigenvalue weighted by Crippen LogP contribution is -2.21. The molecule has 3 rings (SSSR count). The van der Waals surface area contributed by atoms with E-state index in [1.165, 1.54) is 6.92 Å². The van der Waals surface area contributed by atoms with Crippen LogP contribution in [0.15, 0.2) is 59.4 Å². The second kappa shape index (κ2) is 6.08. The van der Waals surface area contributed by atoms with E-state index in [9.17, 15) is 9.59 Å². The number of aromatic nitrogens is 1. The van der Waals surface area contributed by atoms with Gasteiger partial charge in [-0.15, -0.1) is 0 Å². The Hall–Kier alpha value is -2.88. The summed E-state index contributed by atoms with van der Waals surface area (Å²) in [6.45, 7) is 3.74. The molecule has 0 aliphatic rings. The van der Waals surface area contributed by atoms with Crippen molar-refractivity contribution < 1.29 is 9.53 Å². The van der Waals surface area contributed by atoms with Crippen LogP contribution in [-0.2, 0) is 11.3 Å². The van der Waals surface area contributed by atoms with Gasteiger partial charge < -0.3 is 9.30 Å². The van der Waals surface area contributed by atoms with Crippen LogP contribution in [0.2, 0.25) is 0 Å². The number of carbonyl (C=O) groups is 1. The Morgan fingerprint density at radius 2 is 1.83 bits per heavy atom. The number of benzene rings is 2. The maximum Gasteiger partial charge on any atom is 0.308 e. The second-order valence-corrected chi connectivity index (χ2v) is 5.51. The zero-order valence-electron chi connectivity index (χ0n) is 13.1. The lowest BCUT2D eigenvalue weighted by Gasteiger charge is -2.13. The Kier molecular flexibility index (Phi) is 3.98. The van der Waals surface area contributed by atoms with Gasteiger partial charge in [0.25, 0.3) is 5.56 Å². The fourth-order valence-electron chi connectivity index (χ4n) is 2.69. The monoisotopic (exact) mass is 307 g/mol. The average Bonchev–Trinajstić information content (AvgIpc) is 2.51. The molecule has 1 aromatic heterocycles. The molecule has 116 valence electrons. The normalized spacial score (nSPS) is 10.7. The fourth-order valence-corrected chi connectivity index (χ4v) is 2.69. The summed E-state index contributed by atoms with van der Waals surface area (Å²) in [5, 5.41) is 0.969. The predicted octanol–water partition coefficient (Wildman–Crippen LogP) is 3.28. The summed E-state index contributed by atoms with van der Waals surface area (Å²) in [7, 11) is 0. The summed E-state index contributed by atoms with van der Waals surface area (Å²) in [6.07, 6.45) is 0. The minimum absolute atomic E-state index is 0.0705. The molecular formula is C19H17NO3. The fraction of sp³-hybridized carbons (Fsp3) is 0.158. The molecule has 0 N–H and O–H groups in total. The number of carbonyl (C=O) groups excluding carboxylic acids is 1. The summed E-state index contributed by atoms with van der Waals surface area (Å²) >= 11 is 0. The van der Waals surface area contributed by atoms with E-state index in [4.69, 9.17) is 4.74 Å². The number of aryl methyl sites for hydroxylation is 1. The van der Waals surface area contributed by atoms with E-state index in [2.05, 4.69) is 0 Å². The smallest absolute Gasteiger partial charge is 0.308 e. The zero-order valence-corrected chi connectivity index (χ0v) is 13.1. The highest BCUT2D eigenvalue weighted by Crippen LogP contribution is 2.23. The van der Waals surface area contributed by atoms with Crippen molar-refractivity contribution in [2.45, 2.75) is 20.4 Å². The molecule has 0 fully saturated rings. The maximum atomic E-state index is 12.4. The quantitative estimate of drug-likeness (QED) is 0.551. The summed E-state index contributed by atoms with van der Waals surface area (Å²) < 4.78 is 6.85. The van der Waals surface area contributed by atoms with Crippen LogP contribution in [0.1, 0.15) is 18.1 Å². The molecule has 0 radical (unpaired) electrons. The summed E-state index contributed by atoms with van der Waals surface area (Å²) in [5.41, 5.74) is 2.64. The van der Waals surface area contributed by atoms with E-state index in [0.717, 1.165) is 22.0 Å². The van der Waals surface area contributed by atoms with Gasteiger partial charge in [0.05, 0.1) is 12.1 Å². The number of fused-ring (bicyclic) bond motifs is 1.